The maximum atomic E-state index is 12.7. The number of carbonyl (C=O) groups is 1. The van der Waals surface area contributed by atoms with Gasteiger partial charge in [0.25, 0.3) is 0 Å². The Hall–Kier alpha value is -3.20. The van der Waals surface area contributed by atoms with Gasteiger partial charge in [-0.2, -0.15) is 0 Å². The van der Waals surface area contributed by atoms with E-state index in [-0.39, 0.29) is 17.6 Å². The first-order valence-corrected chi connectivity index (χ1v) is 11.1. The first-order chi connectivity index (χ1) is 15.5. The van der Waals surface area contributed by atoms with Crippen LogP contribution >= 0.6 is 11.8 Å². The average molecular weight is 458 g/mol. The normalized spacial score (nSPS) is 11.7. The summed E-state index contributed by atoms with van der Waals surface area (Å²) in [6, 6.07) is 12.5. The largest absolute Gasteiger partial charge is 0.497 e. The Labute approximate surface area is 191 Å². The van der Waals surface area contributed by atoms with Crippen LogP contribution < -0.4 is 18.9 Å². The predicted molar refractivity (Wildman–Crippen MR) is 122 cm³/mol. The third kappa shape index (κ3) is 5.34. The molecule has 1 heterocycles. The summed E-state index contributed by atoms with van der Waals surface area (Å²) in [5, 5.41) is 9.26. The van der Waals surface area contributed by atoms with Gasteiger partial charge in [0, 0.05) is 18.2 Å². The summed E-state index contributed by atoms with van der Waals surface area (Å²) in [6.07, 6.45) is -0.328. The number of ether oxygens (including phenoxy) is 4. The monoisotopic (exact) mass is 457 g/mol. The molecule has 0 radical (unpaired) electrons. The van der Waals surface area contributed by atoms with Crippen LogP contribution in [0.3, 0.4) is 0 Å². The molecule has 3 aromatic rings. The molecule has 2 aromatic carbocycles. The smallest absolute Gasteiger partial charge is 0.191 e. The minimum absolute atomic E-state index is 0.0381. The van der Waals surface area contributed by atoms with Gasteiger partial charge in [0.1, 0.15) is 11.5 Å². The Bertz CT molecular complexity index is 1070. The van der Waals surface area contributed by atoms with Crippen LogP contribution in [0.25, 0.3) is 0 Å². The van der Waals surface area contributed by atoms with Crippen LogP contribution in [0.1, 0.15) is 36.1 Å². The van der Waals surface area contributed by atoms with E-state index in [1.807, 2.05) is 42.7 Å². The zero-order valence-electron chi connectivity index (χ0n) is 18.8. The fraction of sp³-hybridized carbons (Fsp3) is 0.348. The van der Waals surface area contributed by atoms with Crippen LogP contribution in [0.15, 0.2) is 47.6 Å². The van der Waals surface area contributed by atoms with Gasteiger partial charge in [0.2, 0.25) is 0 Å². The first kappa shape index (κ1) is 23.5. The molecule has 0 saturated heterocycles. The lowest BCUT2D eigenvalue weighted by Gasteiger charge is -2.16. The number of hydrogen-bond donors (Lipinski definition) is 0. The van der Waals surface area contributed by atoms with E-state index in [9.17, 15) is 4.79 Å². The maximum Gasteiger partial charge on any atom is 0.191 e. The number of rotatable bonds is 11. The zero-order chi connectivity index (χ0) is 23.1. The Morgan fingerprint density at radius 3 is 2.44 bits per heavy atom. The lowest BCUT2D eigenvalue weighted by molar-refractivity contribution is 0.102. The number of thioether (sulfide) groups is 1. The molecular weight excluding hydrogens is 430 g/mol. The molecule has 8 nitrogen and oxygen atoms in total. The van der Waals surface area contributed by atoms with Crippen molar-refractivity contribution in [3.05, 3.63) is 53.9 Å². The van der Waals surface area contributed by atoms with Gasteiger partial charge in [-0.3, -0.25) is 4.79 Å². The number of Topliss-reactive ketones (excluding diaryl/α,β-unsaturated/α-hetero) is 1. The van der Waals surface area contributed by atoms with Crippen LogP contribution in [-0.4, -0.2) is 47.6 Å². The number of hydrogen-bond acceptors (Lipinski definition) is 8. The van der Waals surface area contributed by atoms with Crippen molar-refractivity contribution in [2.45, 2.75) is 31.7 Å². The first-order valence-electron chi connectivity index (χ1n) is 10.1. The van der Waals surface area contributed by atoms with Crippen molar-refractivity contribution in [2.24, 2.45) is 0 Å². The molecule has 170 valence electrons. The molecule has 0 aliphatic heterocycles. The Balaban J connectivity index is 1.70. The molecule has 32 heavy (non-hydrogen) atoms. The highest BCUT2D eigenvalue weighted by Gasteiger charge is 2.20. The summed E-state index contributed by atoms with van der Waals surface area (Å²) in [5.41, 5.74) is 0.549. The van der Waals surface area contributed by atoms with E-state index >= 15 is 0 Å². The van der Waals surface area contributed by atoms with Gasteiger partial charge in [-0.15, -0.1) is 10.2 Å². The van der Waals surface area contributed by atoms with Crippen LogP contribution in [0.4, 0.5) is 0 Å². The quantitative estimate of drug-likeness (QED) is 0.309. The molecule has 0 aliphatic carbocycles. The minimum atomic E-state index is -0.328. The van der Waals surface area contributed by atoms with Crippen molar-refractivity contribution in [3.63, 3.8) is 0 Å². The molecule has 0 fully saturated rings. The summed E-state index contributed by atoms with van der Waals surface area (Å²) >= 11 is 1.34. The molecule has 1 unspecified atom stereocenters. The van der Waals surface area contributed by atoms with Gasteiger partial charge in [0.15, 0.2) is 34.4 Å². The molecule has 0 aliphatic rings. The zero-order valence-corrected chi connectivity index (χ0v) is 19.6. The summed E-state index contributed by atoms with van der Waals surface area (Å²) in [5.74, 6) is 3.37. The van der Waals surface area contributed by atoms with Crippen LogP contribution in [-0.2, 0) is 6.54 Å². The van der Waals surface area contributed by atoms with E-state index in [4.69, 9.17) is 18.9 Å². The van der Waals surface area contributed by atoms with E-state index in [1.165, 1.54) is 11.8 Å². The fourth-order valence-electron chi connectivity index (χ4n) is 3.16. The third-order valence-corrected chi connectivity index (χ3v) is 5.78. The molecule has 0 saturated carbocycles. The van der Waals surface area contributed by atoms with Gasteiger partial charge < -0.3 is 23.5 Å². The van der Waals surface area contributed by atoms with E-state index in [0.717, 1.165) is 5.75 Å². The second kappa shape index (κ2) is 10.9. The van der Waals surface area contributed by atoms with Gasteiger partial charge in [-0.25, -0.2) is 0 Å². The van der Waals surface area contributed by atoms with E-state index < -0.39 is 0 Å². The standard InChI is InChI=1S/C23H27N3O5S/c1-6-26-22(15(2)31-18-9-7-8-17(13-18)28-3)24-25-23(26)32-14-19(27)16-10-11-20(29-4)21(12-16)30-5/h7-13,15H,6,14H2,1-5H3. The lowest BCUT2D eigenvalue weighted by atomic mass is 10.1. The Morgan fingerprint density at radius 1 is 1.00 bits per heavy atom. The van der Waals surface area contributed by atoms with Crippen molar-refractivity contribution < 1.29 is 23.7 Å². The highest BCUT2D eigenvalue weighted by molar-refractivity contribution is 7.99. The van der Waals surface area contributed by atoms with Crippen molar-refractivity contribution in [3.8, 4) is 23.0 Å². The number of aromatic nitrogens is 3. The molecule has 0 spiro atoms. The molecule has 3 rings (SSSR count). The van der Waals surface area contributed by atoms with Crippen LogP contribution in [0.5, 0.6) is 23.0 Å². The van der Waals surface area contributed by atoms with E-state index in [0.29, 0.717) is 40.3 Å². The van der Waals surface area contributed by atoms with Gasteiger partial charge in [-0.1, -0.05) is 17.8 Å². The highest BCUT2D eigenvalue weighted by Crippen LogP contribution is 2.30. The number of methoxy groups -OCH3 is 3. The topological polar surface area (TPSA) is 84.7 Å². The van der Waals surface area contributed by atoms with Crippen molar-refractivity contribution in [1.29, 1.82) is 0 Å². The predicted octanol–water partition coefficient (Wildman–Crippen LogP) is 4.44. The number of benzene rings is 2. The lowest BCUT2D eigenvalue weighted by Crippen LogP contribution is -2.12. The van der Waals surface area contributed by atoms with Gasteiger partial charge in [0.05, 0.1) is 27.1 Å². The molecule has 0 bridgehead atoms. The van der Waals surface area contributed by atoms with E-state index in [2.05, 4.69) is 10.2 Å². The average Bonchev–Trinajstić information content (AvgIpc) is 3.25. The van der Waals surface area contributed by atoms with Crippen molar-refractivity contribution in [1.82, 2.24) is 14.8 Å². The molecular formula is C23H27N3O5S. The van der Waals surface area contributed by atoms with Gasteiger partial charge >= 0.3 is 0 Å². The fourth-order valence-corrected chi connectivity index (χ4v) is 4.06. The SMILES string of the molecule is CCn1c(SCC(=O)c2ccc(OC)c(OC)c2)nnc1C(C)Oc1cccc(OC)c1. The summed E-state index contributed by atoms with van der Waals surface area (Å²) in [6.45, 7) is 4.57. The molecule has 0 amide bonds. The highest BCUT2D eigenvalue weighted by atomic mass is 32.2. The minimum Gasteiger partial charge on any atom is -0.497 e. The molecule has 1 atom stereocenters. The summed E-state index contributed by atoms with van der Waals surface area (Å²) < 4.78 is 23.8. The number of nitrogens with zero attached hydrogens (tertiary/aromatic N) is 3. The second-order valence-electron chi connectivity index (χ2n) is 6.81. The summed E-state index contributed by atoms with van der Waals surface area (Å²) in [4.78, 5) is 12.7. The molecule has 0 N–H and O–H groups in total. The Kier molecular flexibility index (Phi) is 7.99. The molecule has 1 aromatic heterocycles. The van der Waals surface area contributed by atoms with Gasteiger partial charge in [-0.05, 0) is 44.2 Å². The van der Waals surface area contributed by atoms with Crippen LogP contribution in [0, 0.1) is 0 Å². The maximum absolute atomic E-state index is 12.7. The number of carbonyl (C=O) groups excluding carboxylic acids is 1. The molecule has 9 heteroatoms. The van der Waals surface area contributed by atoms with Crippen molar-refractivity contribution >= 4 is 17.5 Å². The second-order valence-corrected chi connectivity index (χ2v) is 7.75. The Morgan fingerprint density at radius 2 is 1.75 bits per heavy atom. The summed E-state index contributed by atoms with van der Waals surface area (Å²) in [7, 11) is 4.72. The third-order valence-electron chi connectivity index (χ3n) is 4.82. The van der Waals surface area contributed by atoms with Crippen LogP contribution in [0.2, 0.25) is 0 Å². The van der Waals surface area contributed by atoms with E-state index in [1.54, 1.807) is 39.5 Å². The number of ketones is 1. The van der Waals surface area contributed by atoms with Crippen molar-refractivity contribution in [2.75, 3.05) is 27.1 Å².